The molecule has 0 heterocycles. The maximum Gasteiger partial charge on any atom is 0.198 e. The number of allylic oxidation sites excluding steroid dienone is 1. The SMILES string of the molecule is COc1ccc(C(=O)/C(=C/N(C)C)C(=O)C2CC2)cc1S(C)(=O)=O. The molecule has 0 unspecified atom stereocenters. The van der Waals surface area contributed by atoms with Crippen LogP contribution in [0.5, 0.6) is 5.75 Å². The Balaban J connectivity index is 2.49. The monoisotopic (exact) mass is 351 g/mol. The van der Waals surface area contributed by atoms with Crippen LogP contribution < -0.4 is 4.74 Å². The molecule has 0 aliphatic heterocycles. The Morgan fingerprint density at radius 3 is 2.33 bits per heavy atom. The van der Waals surface area contributed by atoms with Gasteiger partial charge in [-0.05, 0) is 31.0 Å². The highest BCUT2D eigenvalue weighted by molar-refractivity contribution is 7.90. The van der Waals surface area contributed by atoms with Crippen LogP contribution in [0, 0.1) is 5.92 Å². The molecule has 1 aliphatic rings. The van der Waals surface area contributed by atoms with E-state index >= 15 is 0 Å². The number of ether oxygens (including phenoxy) is 1. The average Bonchev–Trinajstić information content (AvgIpc) is 3.34. The highest BCUT2D eigenvalue weighted by Crippen LogP contribution is 2.34. The van der Waals surface area contributed by atoms with E-state index in [1.165, 1.54) is 31.5 Å². The molecular weight excluding hydrogens is 330 g/mol. The van der Waals surface area contributed by atoms with Crippen molar-refractivity contribution in [2.45, 2.75) is 17.7 Å². The molecule has 130 valence electrons. The van der Waals surface area contributed by atoms with Crippen LogP contribution in [0.2, 0.25) is 0 Å². The Bertz CT molecular complexity index is 804. The van der Waals surface area contributed by atoms with Crippen LogP contribution >= 0.6 is 0 Å². The molecule has 0 atom stereocenters. The summed E-state index contributed by atoms with van der Waals surface area (Å²) in [7, 11) is 1.25. The number of Topliss-reactive ketones (excluding diaryl/α,β-unsaturated/α-hetero) is 2. The zero-order valence-corrected chi connectivity index (χ0v) is 15.0. The minimum Gasteiger partial charge on any atom is -0.495 e. The summed E-state index contributed by atoms with van der Waals surface area (Å²) in [4.78, 5) is 26.7. The second-order valence-electron chi connectivity index (χ2n) is 6.11. The molecule has 24 heavy (non-hydrogen) atoms. The first kappa shape index (κ1) is 18.2. The second kappa shape index (κ2) is 6.76. The van der Waals surface area contributed by atoms with E-state index in [1.807, 2.05) is 0 Å². The van der Waals surface area contributed by atoms with Crippen LogP contribution in [-0.2, 0) is 14.6 Å². The van der Waals surface area contributed by atoms with Crippen molar-refractivity contribution in [3.8, 4) is 5.75 Å². The maximum absolute atomic E-state index is 12.8. The number of benzene rings is 1. The third kappa shape index (κ3) is 4.03. The number of rotatable bonds is 7. The van der Waals surface area contributed by atoms with Crippen LogP contribution in [0.1, 0.15) is 23.2 Å². The topological polar surface area (TPSA) is 80.8 Å². The van der Waals surface area contributed by atoms with Gasteiger partial charge in [-0.1, -0.05) is 0 Å². The first-order valence-electron chi connectivity index (χ1n) is 7.50. The number of carbonyl (C=O) groups is 2. The molecule has 6 nitrogen and oxygen atoms in total. The summed E-state index contributed by atoms with van der Waals surface area (Å²) >= 11 is 0. The van der Waals surface area contributed by atoms with Crippen LogP contribution in [-0.4, -0.2) is 52.3 Å². The standard InChI is InChI=1S/C17H21NO5S/c1-18(2)10-13(16(19)11-5-6-11)17(20)12-7-8-14(23-3)15(9-12)24(4,21)22/h7-11H,5-6H2,1-4H3/b13-10+. The number of hydrogen-bond acceptors (Lipinski definition) is 6. The Morgan fingerprint density at radius 1 is 1.25 bits per heavy atom. The number of nitrogens with zero attached hydrogens (tertiary/aromatic N) is 1. The molecular formula is C17H21NO5S. The molecule has 2 rings (SSSR count). The third-order valence-electron chi connectivity index (χ3n) is 3.67. The van der Waals surface area contributed by atoms with Crippen molar-refractivity contribution in [2.24, 2.45) is 5.92 Å². The molecule has 0 saturated heterocycles. The molecule has 1 aliphatic carbocycles. The summed E-state index contributed by atoms with van der Waals surface area (Å²) in [5, 5.41) is 0. The molecule has 0 radical (unpaired) electrons. The summed E-state index contributed by atoms with van der Waals surface area (Å²) in [5.41, 5.74) is 0.227. The van der Waals surface area contributed by atoms with Gasteiger partial charge in [0.25, 0.3) is 0 Å². The lowest BCUT2D eigenvalue weighted by molar-refractivity contribution is -0.116. The summed E-state index contributed by atoms with van der Waals surface area (Å²) in [6, 6.07) is 4.16. The van der Waals surface area contributed by atoms with Crippen molar-refractivity contribution in [1.29, 1.82) is 0 Å². The van der Waals surface area contributed by atoms with Crippen molar-refractivity contribution in [3.05, 3.63) is 35.5 Å². The van der Waals surface area contributed by atoms with E-state index in [0.29, 0.717) is 0 Å². The van der Waals surface area contributed by atoms with Gasteiger partial charge in [0.2, 0.25) is 0 Å². The van der Waals surface area contributed by atoms with Gasteiger partial charge in [0.05, 0.1) is 12.7 Å². The Labute approximate surface area is 142 Å². The van der Waals surface area contributed by atoms with Crippen molar-refractivity contribution in [1.82, 2.24) is 4.90 Å². The molecule has 0 amide bonds. The van der Waals surface area contributed by atoms with Crippen molar-refractivity contribution in [2.75, 3.05) is 27.5 Å². The largest absolute Gasteiger partial charge is 0.495 e. The maximum atomic E-state index is 12.8. The molecule has 1 fully saturated rings. The summed E-state index contributed by atoms with van der Waals surface area (Å²) in [5.74, 6) is -0.605. The van der Waals surface area contributed by atoms with Crippen LogP contribution in [0.15, 0.2) is 34.9 Å². The zero-order chi connectivity index (χ0) is 18.1. The first-order valence-corrected chi connectivity index (χ1v) is 9.39. The van der Waals surface area contributed by atoms with E-state index in [4.69, 9.17) is 4.74 Å². The first-order chi connectivity index (χ1) is 11.1. The Kier molecular flexibility index (Phi) is 5.13. The van der Waals surface area contributed by atoms with Crippen molar-refractivity contribution in [3.63, 3.8) is 0 Å². The quantitative estimate of drug-likeness (QED) is 0.322. The van der Waals surface area contributed by atoms with Gasteiger partial charge in [-0.15, -0.1) is 0 Å². The zero-order valence-electron chi connectivity index (χ0n) is 14.2. The fourth-order valence-corrected chi connectivity index (χ4v) is 3.18. The summed E-state index contributed by atoms with van der Waals surface area (Å²) in [6.07, 6.45) is 4.11. The predicted octanol–water partition coefficient (Wildman–Crippen LogP) is 1.71. The van der Waals surface area contributed by atoms with Gasteiger partial charge in [0, 0.05) is 38.0 Å². The molecule has 7 heteroatoms. The molecule has 0 aromatic heterocycles. The predicted molar refractivity (Wildman–Crippen MR) is 89.9 cm³/mol. The Hall–Kier alpha value is -2.15. The molecule has 0 N–H and O–H groups in total. The molecule has 0 bridgehead atoms. The smallest absolute Gasteiger partial charge is 0.198 e. The highest BCUT2D eigenvalue weighted by Gasteiger charge is 2.35. The van der Waals surface area contributed by atoms with Gasteiger partial charge in [0.1, 0.15) is 10.6 Å². The lowest BCUT2D eigenvalue weighted by atomic mass is 9.98. The minimum absolute atomic E-state index is 0.0704. The van der Waals surface area contributed by atoms with Gasteiger partial charge < -0.3 is 9.64 Å². The third-order valence-corrected chi connectivity index (χ3v) is 4.79. The van der Waals surface area contributed by atoms with Crippen LogP contribution in [0.4, 0.5) is 0 Å². The molecule has 1 aromatic carbocycles. The van der Waals surface area contributed by atoms with E-state index < -0.39 is 15.6 Å². The molecule has 0 spiro atoms. The molecule has 1 aromatic rings. The van der Waals surface area contributed by atoms with Gasteiger partial charge in [-0.2, -0.15) is 0 Å². The van der Waals surface area contributed by atoms with Gasteiger partial charge in [0.15, 0.2) is 21.4 Å². The highest BCUT2D eigenvalue weighted by atomic mass is 32.2. The van der Waals surface area contributed by atoms with Gasteiger partial charge in [-0.25, -0.2) is 8.42 Å². The van der Waals surface area contributed by atoms with Crippen LogP contribution in [0.3, 0.4) is 0 Å². The summed E-state index contributed by atoms with van der Waals surface area (Å²) in [6.45, 7) is 0. The number of hydrogen-bond donors (Lipinski definition) is 0. The number of methoxy groups -OCH3 is 1. The number of carbonyl (C=O) groups excluding carboxylic acids is 2. The van der Waals surface area contributed by atoms with E-state index in [1.54, 1.807) is 19.0 Å². The fraction of sp³-hybridized carbons (Fsp3) is 0.412. The lowest BCUT2D eigenvalue weighted by Gasteiger charge is -2.12. The Morgan fingerprint density at radius 2 is 1.88 bits per heavy atom. The average molecular weight is 351 g/mol. The van der Waals surface area contributed by atoms with Gasteiger partial charge >= 0.3 is 0 Å². The fourth-order valence-electron chi connectivity index (χ4n) is 2.32. The van der Waals surface area contributed by atoms with E-state index in [2.05, 4.69) is 0 Å². The normalized spacial score (nSPS) is 15.1. The molecule has 1 saturated carbocycles. The second-order valence-corrected chi connectivity index (χ2v) is 8.10. The van der Waals surface area contributed by atoms with Crippen molar-refractivity contribution >= 4 is 21.4 Å². The van der Waals surface area contributed by atoms with Crippen molar-refractivity contribution < 1.29 is 22.7 Å². The minimum atomic E-state index is -3.57. The van der Waals surface area contributed by atoms with Gasteiger partial charge in [-0.3, -0.25) is 9.59 Å². The van der Waals surface area contributed by atoms with E-state index in [-0.39, 0.29) is 33.5 Å². The van der Waals surface area contributed by atoms with E-state index in [9.17, 15) is 18.0 Å². The lowest BCUT2D eigenvalue weighted by Crippen LogP contribution is -2.19. The number of sulfone groups is 1. The van der Waals surface area contributed by atoms with Crippen LogP contribution in [0.25, 0.3) is 0 Å². The number of ketones is 2. The van der Waals surface area contributed by atoms with E-state index in [0.717, 1.165) is 19.1 Å². The summed E-state index contributed by atoms with van der Waals surface area (Å²) < 4.78 is 28.9.